The van der Waals surface area contributed by atoms with E-state index in [1.54, 1.807) is 66.2 Å². The minimum Gasteiger partial charge on any atom is -0.464 e. The highest BCUT2D eigenvalue weighted by atomic mass is 19.1. The topological polar surface area (TPSA) is 95.8 Å². The number of anilines is 1. The van der Waals surface area contributed by atoms with Crippen LogP contribution in [0.3, 0.4) is 0 Å². The third-order valence-corrected chi connectivity index (χ3v) is 6.47. The predicted molar refractivity (Wildman–Crippen MR) is 138 cm³/mol. The standard InChI is InChI=1S/C28H27FN4O5/c1-3-36-26(34)28(27(35)37-4-2)14-5-15-32(28)22-10-13-25(30-18-22)38-23-11-12-24-19(16-23)17-31-33(24)21-8-6-20(29)7-9-21/h6-13,16-18H,3-5,14-15H2,1-2H3. The molecule has 38 heavy (non-hydrogen) atoms. The van der Waals surface area contributed by atoms with E-state index in [2.05, 4.69) is 10.1 Å². The van der Waals surface area contributed by atoms with Crippen LogP contribution in [-0.4, -0.2) is 52.0 Å². The largest absolute Gasteiger partial charge is 0.464 e. The van der Waals surface area contributed by atoms with Gasteiger partial charge in [-0.15, -0.1) is 0 Å². The average Bonchev–Trinajstić information content (AvgIpc) is 3.55. The maximum Gasteiger partial charge on any atom is 0.343 e. The lowest BCUT2D eigenvalue weighted by Gasteiger charge is -2.35. The summed E-state index contributed by atoms with van der Waals surface area (Å²) in [5.41, 5.74) is 0.643. The molecular weight excluding hydrogens is 491 g/mol. The maximum absolute atomic E-state index is 13.3. The van der Waals surface area contributed by atoms with Gasteiger partial charge in [-0.1, -0.05) is 0 Å². The van der Waals surface area contributed by atoms with Crippen molar-refractivity contribution >= 4 is 28.5 Å². The van der Waals surface area contributed by atoms with Gasteiger partial charge in [0.1, 0.15) is 11.6 Å². The number of fused-ring (bicyclic) bond motifs is 1. The molecule has 5 rings (SSSR count). The molecule has 2 aromatic carbocycles. The quantitative estimate of drug-likeness (QED) is 0.242. The summed E-state index contributed by atoms with van der Waals surface area (Å²) in [5, 5.41) is 5.25. The van der Waals surface area contributed by atoms with Crippen LogP contribution in [0, 0.1) is 5.82 Å². The van der Waals surface area contributed by atoms with Crippen molar-refractivity contribution in [2.45, 2.75) is 32.2 Å². The van der Waals surface area contributed by atoms with E-state index in [0.717, 1.165) is 16.6 Å². The van der Waals surface area contributed by atoms with Crippen LogP contribution < -0.4 is 9.64 Å². The molecule has 2 aromatic heterocycles. The van der Waals surface area contributed by atoms with Gasteiger partial charge in [-0.3, -0.25) is 0 Å². The number of benzene rings is 2. The van der Waals surface area contributed by atoms with E-state index in [4.69, 9.17) is 14.2 Å². The number of pyridine rings is 1. The minimum atomic E-state index is -1.54. The summed E-state index contributed by atoms with van der Waals surface area (Å²) in [5.74, 6) is -0.644. The first kappa shape index (κ1) is 25.2. The Bertz CT molecular complexity index is 1430. The molecule has 0 aliphatic carbocycles. The molecule has 0 saturated carbocycles. The molecule has 1 fully saturated rings. The molecule has 0 bridgehead atoms. The molecule has 0 spiro atoms. The van der Waals surface area contributed by atoms with Crippen molar-refractivity contribution in [3.05, 3.63) is 72.8 Å². The zero-order chi connectivity index (χ0) is 26.7. The number of nitrogens with zero attached hydrogens (tertiary/aromatic N) is 4. The Morgan fingerprint density at radius 2 is 1.66 bits per heavy atom. The molecule has 0 atom stereocenters. The molecule has 10 heteroatoms. The Morgan fingerprint density at radius 3 is 2.32 bits per heavy atom. The summed E-state index contributed by atoms with van der Waals surface area (Å²) in [6, 6.07) is 15.0. The number of carbonyl (C=O) groups is 2. The van der Waals surface area contributed by atoms with E-state index < -0.39 is 17.5 Å². The van der Waals surface area contributed by atoms with Gasteiger partial charge in [-0.25, -0.2) is 23.6 Å². The number of aromatic nitrogens is 3. The smallest absolute Gasteiger partial charge is 0.343 e. The van der Waals surface area contributed by atoms with Crippen molar-refractivity contribution in [2.24, 2.45) is 0 Å². The van der Waals surface area contributed by atoms with Crippen LogP contribution in [0.2, 0.25) is 0 Å². The third kappa shape index (κ3) is 4.53. The van der Waals surface area contributed by atoms with Crippen LogP contribution in [-0.2, 0) is 19.1 Å². The number of rotatable bonds is 8. The molecule has 0 N–H and O–H groups in total. The summed E-state index contributed by atoms with van der Waals surface area (Å²) in [7, 11) is 0. The lowest BCUT2D eigenvalue weighted by molar-refractivity contribution is -0.163. The highest BCUT2D eigenvalue weighted by Crippen LogP contribution is 2.37. The maximum atomic E-state index is 13.3. The second kappa shape index (κ2) is 10.5. The van der Waals surface area contributed by atoms with Crippen LogP contribution in [0.15, 0.2) is 67.0 Å². The molecule has 1 aliphatic heterocycles. The van der Waals surface area contributed by atoms with Crippen molar-refractivity contribution in [2.75, 3.05) is 24.7 Å². The van der Waals surface area contributed by atoms with Crippen LogP contribution in [0.5, 0.6) is 11.6 Å². The van der Waals surface area contributed by atoms with E-state index in [-0.39, 0.29) is 19.0 Å². The van der Waals surface area contributed by atoms with Gasteiger partial charge in [0.15, 0.2) is 0 Å². The normalized spacial score (nSPS) is 14.4. The summed E-state index contributed by atoms with van der Waals surface area (Å²) in [6.07, 6.45) is 4.20. The van der Waals surface area contributed by atoms with Gasteiger partial charge in [0.05, 0.1) is 42.5 Å². The number of halogens is 1. The Hall–Kier alpha value is -4.47. The molecule has 3 heterocycles. The van der Waals surface area contributed by atoms with E-state index in [1.165, 1.54) is 12.1 Å². The number of carbonyl (C=O) groups excluding carboxylic acids is 2. The van der Waals surface area contributed by atoms with E-state index in [9.17, 15) is 14.0 Å². The minimum absolute atomic E-state index is 0.159. The molecular formula is C28H27FN4O5. The van der Waals surface area contributed by atoms with E-state index >= 15 is 0 Å². The number of ether oxygens (including phenoxy) is 3. The molecule has 196 valence electrons. The highest BCUT2D eigenvalue weighted by molar-refractivity contribution is 6.09. The second-order valence-electron chi connectivity index (χ2n) is 8.77. The Morgan fingerprint density at radius 1 is 0.947 bits per heavy atom. The monoisotopic (exact) mass is 518 g/mol. The predicted octanol–water partition coefficient (Wildman–Crippen LogP) is 4.82. The van der Waals surface area contributed by atoms with Crippen molar-refractivity contribution in [1.82, 2.24) is 14.8 Å². The van der Waals surface area contributed by atoms with Gasteiger partial charge < -0.3 is 19.1 Å². The first-order chi connectivity index (χ1) is 18.5. The van der Waals surface area contributed by atoms with Crippen molar-refractivity contribution in [1.29, 1.82) is 0 Å². The summed E-state index contributed by atoms with van der Waals surface area (Å²) in [4.78, 5) is 32.0. The first-order valence-corrected chi connectivity index (χ1v) is 12.5. The zero-order valence-corrected chi connectivity index (χ0v) is 21.1. The number of esters is 2. The Kier molecular flexibility index (Phi) is 6.95. The van der Waals surface area contributed by atoms with Gasteiger partial charge in [0, 0.05) is 18.0 Å². The van der Waals surface area contributed by atoms with Gasteiger partial charge in [-0.2, -0.15) is 5.10 Å². The lowest BCUT2D eigenvalue weighted by atomic mass is 9.95. The van der Waals surface area contributed by atoms with E-state index in [1.807, 2.05) is 12.1 Å². The van der Waals surface area contributed by atoms with Crippen molar-refractivity contribution < 1.29 is 28.2 Å². The molecule has 0 unspecified atom stereocenters. The zero-order valence-electron chi connectivity index (χ0n) is 21.1. The first-order valence-electron chi connectivity index (χ1n) is 12.5. The molecule has 1 saturated heterocycles. The SMILES string of the molecule is CCOC(=O)C1(C(=O)OCC)CCCN1c1ccc(Oc2ccc3c(cnn3-c3ccc(F)cc3)c2)nc1. The Labute approximate surface area is 218 Å². The molecule has 0 amide bonds. The molecule has 9 nitrogen and oxygen atoms in total. The summed E-state index contributed by atoms with van der Waals surface area (Å²) >= 11 is 0. The summed E-state index contributed by atoms with van der Waals surface area (Å²) in [6.45, 7) is 4.20. The fraction of sp³-hybridized carbons (Fsp3) is 0.286. The van der Waals surface area contributed by atoms with Gasteiger partial charge >= 0.3 is 11.9 Å². The van der Waals surface area contributed by atoms with Gasteiger partial charge in [0.25, 0.3) is 0 Å². The van der Waals surface area contributed by atoms with E-state index in [0.29, 0.717) is 36.7 Å². The Balaban J connectivity index is 1.36. The highest BCUT2D eigenvalue weighted by Gasteiger charge is 2.56. The van der Waals surface area contributed by atoms with Crippen molar-refractivity contribution in [3.8, 4) is 17.3 Å². The lowest BCUT2D eigenvalue weighted by Crippen LogP contribution is -2.58. The van der Waals surface area contributed by atoms with Crippen LogP contribution >= 0.6 is 0 Å². The fourth-order valence-corrected chi connectivity index (χ4v) is 4.75. The summed E-state index contributed by atoms with van der Waals surface area (Å²) < 4.78 is 31.5. The molecule has 1 aliphatic rings. The van der Waals surface area contributed by atoms with Crippen molar-refractivity contribution in [3.63, 3.8) is 0 Å². The molecule has 0 radical (unpaired) electrons. The fourth-order valence-electron chi connectivity index (χ4n) is 4.75. The van der Waals surface area contributed by atoms with Gasteiger partial charge in [-0.05, 0) is 75.2 Å². The number of hydrogen-bond acceptors (Lipinski definition) is 8. The number of hydrogen-bond donors (Lipinski definition) is 0. The molecule has 4 aromatic rings. The van der Waals surface area contributed by atoms with Gasteiger partial charge in [0.2, 0.25) is 11.4 Å². The second-order valence-corrected chi connectivity index (χ2v) is 8.77. The van der Waals surface area contributed by atoms with Crippen LogP contribution in [0.1, 0.15) is 26.7 Å². The van der Waals surface area contributed by atoms with Crippen LogP contribution in [0.25, 0.3) is 16.6 Å². The average molecular weight is 519 g/mol. The third-order valence-electron chi connectivity index (χ3n) is 6.47. The van der Waals surface area contributed by atoms with Crippen LogP contribution in [0.4, 0.5) is 10.1 Å².